The molecule has 0 bridgehead atoms. The van der Waals surface area contributed by atoms with Gasteiger partial charge in [0.25, 0.3) is 5.91 Å². The van der Waals surface area contributed by atoms with Crippen molar-refractivity contribution in [2.45, 2.75) is 57.5 Å². The molecule has 0 spiro atoms. The third-order valence-corrected chi connectivity index (χ3v) is 7.28. The summed E-state index contributed by atoms with van der Waals surface area (Å²) in [6.45, 7) is 6.14. The van der Waals surface area contributed by atoms with Gasteiger partial charge < -0.3 is 15.0 Å². The number of hydrogen-bond donors (Lipinski definition) is 2. The number of nitrogens with zero attached hydrogens (tertiary/aromatic N) is 2. The predicted octanol–water partition coefficient (Wildman–Crippen LogP) is 2.08. The quantitative estimate of drug-likeness (QED) is 0.595. The second-order valence-electron chi connectivity index (χ2n) is 9.53. The van der Waals surface area contributed by atoms with Crippen molar-refractivity contribution in [1.29, 1.82) is 0 Å². The first-order chi connectivity index (χ1) is 17.0. The molecular weight excluding hydrogens is 444 g/mol. The van der Waals surface area contributed by atoms with Crippen molar-refractivity contribution < 1.29 is 19.1 Å². The summed E-state index contributed by atoms with van der Waals surface area (Å²) >= 11 is 0. The Morgan fingerprint density at radius 1 is 1.09 bits per heavy atom. The highest BCUT2D eigenvalue weighted by Crippen LogP contribution is 2.31. The van der Waals surface area contributed by atoms with Crippen LogP contribution in [0.3, 0.4) is 0 Å². The number of ether oxygens (including phenoxy) is 1. The number of likely N-dealkylation sites (N-methyl/N-ethyl adjacent to an activating group) is 1. The van der Waals surface area contributed by atoms with E-state index in [1.165, 1.54) is 5.56 Å². The largest absolute Gasteiger partial charge is 0.487 e. The zero-order valence-electron chi connectivity index (χ0n) is 20.0. The lowest BCUT2D eigenvalue weighted by Gasteiger charge is -2.38. The Balaban J connectivity index is 1.28. The molecule has 2 saturated heterocycles. The normalized spacial score (nSPS) is 24.9. The van der Waals surface area contributed by atoms with E-state index in [1.54, 1.807) is 11.0 Å². The highest BCUT2D eigenvalue weighted by molar-refractivity contribution is 6.05. The molecule has 8 nitrogen and oxygen atoms in total. The number of fused-ring (bicyclic) bond motifs is 1. The lowest BCUT2D eigenvalue weighted by molar-refractivity contribution is -0.136. The second kappa shape index (κ2) is 10.2. The van der Waals surface area contributed by atoms with Crippen molar-refractivity contribution in [2.24, 2.45) is 0 Å². The van der Waals surface area contributed by atoms with Crippen molar-refractivity contribution in [3.8, 4) is 5.75 Å². The summed E-state index contributed by atoms with van der Waals surface area (Å²) in [6, 6.07) is 15.5. The standard InChI is InChI=1S/C27H32N4O4/c1-2-30-13-12-22(28-15-18-6-4-3-5-7-18)24(17-30)35-20-8-9-21-19(14-20)16-31(27(21)34)23-10-11-25(32)29-26(23)33/h3-9,14,22-24,28H,2,10-13,15-17H2,1H3,(H,29,32,33). The smallest absolute Gasteiger partial charge is 0.255 e. The van der Waals surface area contributed by atoms with Gasteiger partial charge in [0.05, 0.1) is 0 Å². The molecule has 3 aliphatic heterocycles. The van der Waals surface area contributed by atoms with Gasteiger partial charge in [0.1, 0.15) is 17.9 Å². The number of carbonyl (C=O) groups is 3. The van der Waals surface area contributed by atoms with Gasteiger partial charge in [-0.05, 0) is 55.3 Å². The molecule has 3 unspecified atom stereocenters. The minimum atomic E-state index is -0.611. The maximum atomic E-state index is 13.0. The number of likely N-dealkylation sites (tertiary alicyclic amines) is 1. The molecule has 3 amide bonds. The number of benzene rings is 2. The molecule has 8 heteroatoms. The molecule has 2 aromatic rings. The van der Waals surface area contributed by atoms with Crippen LogP contribution in [0.2, 0.25) is 0 Å². The minimum Gasteiger partial charge on any atom is -0.487 e. The molecule has 2 fully saturated rings. The number of piperidine rings is 2. The molecular formula is C27H32N4O4. The average molecular weight is 477 g/mol. The minimum absolute atomic E-state index is 0.0196. The first-order valence-corrected chi connectivity index (χ1v) is 12.5. The Morgan fingerprint density at radius 2 is 1.91 bits per heavy atom. The van der Waals surface area contributed by atoms with E-state index in [1.807, 2.05) is 18.2 Å². The van der Waals surface area contributed by atoms with Crippen LogP contribution in [-0.2, 0) is 22.7 Å². The van der Waals surface area contributed by atoms with Gasteiger partial charge in [-0.15, -0.1) is 0 Å². The highest BCUT2D eigenvalue weighted by Gasteiger charge is 2.39. The van der Waals surface area contributed by atoms with E-state index in [0.29, 0.717) is 18.5 Å². The Labute approximate surface area is 205 Å². The molecule has 0 saturated carbocycles. The van der Waals surface area contributed by atoms with Crippen LogP contribution in [0.25, 0.3) is 0 Å². The molecule has 3 atom stereocenters. The van der Waals surface area contributed by atoms with Crippen LogP contribution in [-0.4, -0.2) is 65.3 Å². The molecule has 2 aromatic carbocycles. The van der Waals surface area contributed by atoms with Gasteiger partial charge in [-0.25, -0.2) is 0 Å². The fraction of sp³-hybridized carbons (Fsp3) is 0.444. The molecule has 0 aromatic heterocycles. The van der Waals surface area contributed by atoms with Gasteiger partial charge >= 0.3 is 0 Å². The summed E-state index contributed by atoms with van der Waals surface area (Å²) in [5.41, 5.74) is 2.70. The summed E-state index contributed by atoms with van der Waals surface area (Å²) < 4.78 is 6.51. The number of hydrogen-bond acceptors (Lipinski definition) is 6. The third-order valence-electron chi connectivity index (χ3n) is 7.28. The van der Waals surface area contributed by atoms with Crippen LogP contribution in [0.4, 0.5) is 0 Å². The fourth-order valence-corrected chi connectivity index (χ4v) is 5.26. The zero-order valence-corrected chi connectivity index (χ0v) is 20.0. The van der Waals surface area contributed by atoms with Crippen LogP contribution < -0.4 is 15.4 Å². The Hall–Kier alpha value is -3.23. The van der Waals surface area contributed by atoms with E-state index in [2.05, 4.69) is 46.7 Å². The van der Waals surface area contributed by atoms with Crippen molar-refractivity contribution >= 4 is 17.7 Å². The van der Waals surface area contributed by atoms with Crippen LogP contribution in [0, 0.1) is 0 Å². The lowest BCUT2D eigenvalue weighted by atomic mass is 10.0. The molecule has 5 rings (SSSR count). The average Bonchev–Trinajstić information content (AvgIpc) is 3.19. The van der Waals surface area contributed by atoms with Crippen molar-refractivity contribution in [3.63, 3.8) is 0 Å². The monoisotopic (exact) mass is 476 g/mol. The molecule has 35 heavy (non-hydrogen) atoms. The van der Waals surface area contributed by atoms with Crippen molar-refractivity contribution in [2.75, 3.05) is 19.6 Å². The predicted molar refractivity (Wildman–Crippen MR) is 131 cm³/mol. The molecule has 3 heterocycles. The summed E-state index contributed by atoms with van der Waals surface area (Å²) in [5.74, 6) is -0.113. The maximum Gasteiger partial charge on any atom is 0.255 e. The van der Waals surface area contributed by atoms with Gasteiger partial charge in [0.15, 0.2) is 0 Å². The van der Waals surface area contributed by atoms with Gasteiger partial charge in [0.2, 0.25) is 11.8 Å². The summed E-state index contributed by atoms with van der Waals surface area (Å²) in [5, 5.41) is 6.03. The number of rotatable bonds is 7. The molecule has 0 aliphatic carbocycles. The highest BCUT2D eigenvalue weighted by atomic mass is 16.5. The topological polar surface area (TPSA) is 91.0 Å². The van der Waals surface area contributed by atoms with E-state index in [0.717, 1.165) is 43.9 Å². The van der Waals surface area contributed by atoms with Crippen LogP contribution in [0.15, 0.2) is 48.5 Å². The molecule has 3 aliphatic rings. The van der Waals surface area contributed by atoms with E-state index >= 15 is 0 Å². The number of amides is 3. The Kier molecular flexibility index (Phi) is 6.83. The van der Waals surface area contributed by atoms with Crippen LogP contribution in [0.1, 0.15) is 47.7 Å². The fourth-order valence-electron chi connectivity index (χ4n) is 5.26. The first-order valence-electron chi connectivity index (χ1n) is 12.5. The van der Waals surface area contributed by atoms with Gasteiger partial charge in [-0.2, -0.15) is 0 Å². The SMILES string of the molecule is CCN1CCC(NCc2ccccc2)C(Oc2ccc3c(c2)CN(C2CCC(=O)NC2=O)C3=O)C1. The first kappa shape index (κ1) is 23.5. The van der Waals surface area contributed by atoms with Crippen LogP contribution in [0.5, 0.6) is 5.75 Å². The summed E-state index contributed by atoms with van der Waals surface area (Å²) in [4.78, 5) is 40.8. The molecule has 0 radical (unpaired) electrons. The van der Waals surface area contributed by atoms with Crippen molar-refractivity contribution in [1.82, 2.24) is 20.4 Å². The number of nitrogens with one attached hydrogen (secondary N) is 2. The lowest BCUT2D eigenvalue weighted by Crippen LogP contribution is -2.54. The van der Waals surface area contributed by atoms with Gasteiger partial charge in [0, 0.05) is 37.7 Å². The van der Waals surface area contributed by atoms with E-state index in [4.69, 9.17) is 4.74 Å². The zero-order chi connectivity index (χ0) is 24.4. The third kappa shape index (κ3) is 5.09. The number of imide groups is 1. The van der Waals surface area contributed by atoms with E-state index in [-0.39, 0.29) is 30.4 Å². The van der Waals surface area contributed by atoms with E-state index < -0.39 is 11.9 Å². The second-order valence-corrected chi connectivity index (χ2v) is 9.53. The van der Waals surface area contributed by atoms with E-state index in [9.17, 15) is 14.4 Å². The van der Waals surface area contributed by atoms with Crippen LogP contribution >= 0.6 is 0 Å². The van der Waals surface area contributed by atoms with Gasteiger partial charge in [-0.3, -0.25) is 24.6 Å². The van der Waals surface area contributed by atoms with Crippen molar-refractivity contribution in [3.05, 3.63) is 65.2 Å². The summed E-state index contributed by atoms with van der Waals surface area (Å²) in [7, 11) is 0. The maximum absolute atomic E-state index is 13.0. The molecule has 184 valence electrons. The number of carbonyl (C=O) groups excluding carboxylic acids is 3. The summed E-state index contributed by atoms with van der Waals surface area (Å²) in [6.07, 6.45) is 1.58. The Morgan fingerprint density at radius 3 is 2.69 bits per heavy atom. The van der Waals surface area contributed by atoms with Gasteiger partial charge in [-0.1, -0.05) is 37.3 Å². The Bertz CT molecular complexity index is 1110. The molecule has 2 N–H and O–H groups in total.